The van der Waals surface area contributed by atoms with Crippen LogP contribution in [0.25, 0.3) is 0 Å². The molecule has 3 fully saturated rings. The molecular formula is C23H36ClN3O. The van der Waals surface area contributed by atoms with E-state index in [2.05, 4.69) is 39.8 Å². The summed E-state index contributed by atoms with van der Waals surface area (Å²) in [6.07, 6.45) is 7.73. The summed E-state index contributed by atoms with van der Waals surface area (Å²) in [6, 6.07) is 9.60. The van der Waals surface area contributed by atoms with Gasteiger partial charge in [-0.3, -0.25) is 9.80 Å². The second-order valence-corrected chi connectivity index (χ2v) is 9.13. The van der Waals surface area contributed by atoms with Crippen molar-refractivity contribution in [2.24, 2.45) is 0 Å². The number of hydrogen-bond acceptors (Lipinski definition) is 4. The second-order valence-electron chi connectivity index (χ2n) is 9.13. The van der Waals surface area contributed by atoms with Crippen LogP contribution in [0, 0.1) is 0 Å². The molecule has 28 heavy (non-hydrogen) atoms. The molecule has 4 aliphatic heterocycles. The van der Waals surface area contributed by atoms with E-state index in [4.69, 9.17) is 4.74 Å². The molecule has 1 aromatic carbocycles. The Labute approximate surface area is 176 Å². The third-order valence-electron chi connectivity index (χ3n) is 7.54. The van der Waals surface area contributed by atoms with Crippen LogP contribution in [0.5, 0.6) is 0 Å². The van der Waals surface area contributed by atoms with Crippen molar-refractivity contribution in [2.75, 3.05) is 44.3 Å². The molecule has 4 nitrogen and oxygen atoms in total. The van der Waals surface area contributed by atoms with Crippen molar-refractivity contribution >= 4 is 18.1 Å². The SMILES string of the molecule is C[C@H]1CCCN1[C@H]1CCN(c2ccc3c(c2)CCN(C2CCOCC2)C3)C1.Cl. The first-order valence-electron chi connectivity index (χ1n) is 11.2. The quantitative estimate of drug-likeness (QED) is 0.762. The molecule has 0 spiro atoms. The maximum atomic E-state index is 5.55. The van der Waals surface area contributed by atoms with E-state index >= 15 is 0 Å². The predicted octanol–water partition coefficient (Wildman–Crippen LogP) is 3.71. The average Bonchev–Trinajstić information content (AvgIpc) is 3.37. The molecular weight excluding hydrogens is 370 g/mol. The molecule has 5 heteroatoms. The molecule has 0 aromatic heterocycles. The van der Waals surface area contributed by atoms with Gasteiger partial charge in [-0.1, -0.05) is 6.07 Å². The van der Waals surface area contributed by atoms with Gasteiger partial charge in [-0.25, -0.2) is 0 Å². The van der Waals surface area contributed by atoms with E-state index in [1.807, 2.05) is 0 Å². The van der Waals surface area contributed by atoms with Crippen LogP contribution in [-0.2, 0) is 17.7 Å². The Bertz CT molecular complexity index is 663. The Morgan fingerprint density at radius 3 is 2.57 bits per heavy atom. The van der Waals surface area contributed by atoms with Gasteiger partial charge in [0.1, 0.15) is 0 Å². The topological polar surface area (TPSA) is 19.0 Å². The van der Waals surface area contributed by atoms with E-state index in [1.54, 1.807) is 11.1 Å². The lowest BCUT2D eigenvalue weighted by Crippen LogP contribution is -2.42. The maximum Gasteiger partial charge on any atom is 0.0480 e. The lowest BCUT2D eigenvalue weighted by molar-refractivity contribution is 0.0290. The first kappa shape index (κ1) is 20.5. The molecule has 0 amide bonds. The molecule has 0 saturated carbocycles. The first-order chi connectivity index (χ1) is 13.3. The van der Waals surface area contributed by atoms with Crippen LogP contribution < -0.4 is 4.90 Å². The van der Waals surface area contributed by atoms with Gasteiger partial charge in [-0.2, -0.15) is 0 Å². The summed E-state index contributed by atoms with van der Waals surface area (Å²) in [5.41, 5.74) is 4.61. The van der Waals surface area contributed by atoms with Gasteiger partial charge in [0.15, 0.2) is 0 Å². The largest absolute Gasteiger partial charge is 0.381 e. The number of likely N-dealkylation sites (tertiary alicyclic amines) is 1. The van der Waals surface area contributed by atoms with Crippen molar-refractivity contribution in [1.82, 2.24) is 9.80 Å². The Balaban J connectivity index is 0.00000192. The number of rotatable bonds is 3. The standard InChI is InChI=1S/C23H35N3O.ClH/c1-18-3-2-10-26(18)23-7-12-25(17-23)22-5-4-20-16-24(11-6-19(20)15-22)21-8-13-27-14-9-21;/h4-5,15,18,21,23H,2-3,6-14,16-17H2,1H3;1H/t18-,23-;/m0./s1. The van der Waals surface area contributed by atoms with Crippen LogP contribution >= 0.6 is 12.4 Å². The molecule has 5 rings (SSSR count). The van der Waals surface area contributed by atoms with Gasteiger partial charge < -0.3 is 9.64 Å². The minimum absolute atomic E-state index is 0. The number of hydrogen-bond donors (Lipinski definition) is 0. The van der Waals surface area contributed by atoms with Gasteiger partial charge >= 0.3 is 0 Å². The molecule has 4 heterocycles. The van der Waals surface area contributed by atoms with E-state index < -0.39 is 0 Å². The highest BCUT2D eigenvalue weighted by Crippen LogP contribution is 2.31. The summed E-state index contributed by atoms with van der Waals surface area (Å²) < 4.78 is 5.55. The zero-order valence-electron chi connectivity index (χ0n) is 17.3. The van der Waals surface area contributed by atoms with Crippen molar-refractivity contribution < 1.29 is 4.74 Å². The van der Waals surface area contributed by atoms with Crippen LogP contribution in [0.4, 0.5) is 5.69 Å². The molecule has 0 N–H and O–H groups in total. The van der Waals surface area contributed by atoms with Crippen molar-refractivity contribution in [1.29, 1.82) is 0 Å². The fourth-order valence-corrected chi connectivity index (χ4v) is 5.86. The molecule has 0 radical (unpaired) electrons. The highest BCUT2D eigenvalue weighted by atomic mass is 35.5. The number of benzene rings is 1. The molecule has 3 saturated heterocycles. The number of halogens is 1. The molecule has 0 aliphatic carbocycles. The van der Waals surface area contributed by atoms with Gasteiger partial charge in [-0.15, -0.1) is 12.4 Å². The summed E-state index contributed by atoms with van der Waals surface area (Å²) in [7, 11) is 0. The lowest BCUT2D eigenvalue weighted by Gasteiger charge is -2.38. The highest BCUT2D eigenvalue weighted by molar-refractivity contribution is 5.85. The first-order valence-corrected chi connectivity index (χ1v) is 11.2. The zero-order valence-corrected chi connectivity index (χ0v) is 18.1. The third kappa shape index (κ3) is 4.07. The minimum atomic E-state index is 0. The third-order valence-corrected chi connectivity index (χ3v) is 7.54. The number of nitrogens with zero attached hydrogens (tertiary/aromatic N) is 3. The normalized spacial score (nSPS) is 29.7. The van der Waals surface area contributed by atoms with E-state index in [1.165, 1.54) is 70.4 Å². The fraction of sp³-hybridized carbons (Fsp3) is 0.739. The summed E-state index contributed by atoms with van der Waals surface area (Å²) in [4.78, 5) is 8.11. The Morgan fingerprint density at radius 2 is 1.79 bits per heavy atom. The highest BCUT2D eigenvalue weighted by Gasteiger charge is 2.33. The van der Waals surface area contributed by atoms with Gasteiger partial charge in [0.2, 0.25) is 0 Å². The lowest BCUT2D eigenvalue weighted by atomic mass is 9.96. The van der Waals surface area contributed by atoms with Crippen molar-refractivity contribution in [2.45, 2.75) is 70.1 Å². The fourth-order valence-electron chi connectivity index (χ4n) is 5.86. The summed E-state index contributed by atoms with van der Waals surface area (Å²) in [5, 5.41) is 0. The molecule has 0 unspecified atom stereocenters. The molecule has 4 aliphatic rings. The summed E-state index contributed by atoms with van der Waals surface area (Å²) in [5.74, 6) is 0. The van der Waals surface area contributed by atoms with Crippen molar-refractivity contribution in [3.63, 3.8) is 0 Å². The van der Waals surface area contributed by atoms with Crippen molar-refractivity contribution in [3.05, 3.63) is 29.3 Å². The second kappa shape index (κ2) is 8.91. The predicted molar refractivity (Wildman–Crippen MR) is 118 cm³/mol. The van der Waals surface area contributed by atoms with E-state index in [9.17, 15) is 0 Å². The molecule has 1 aromatic rings. The number of ether oxygens (including phenoxy) is 1. The minimum Gasteiger partial charge on any atom is -0.381 e. The molecule has 156 valence electrons. The zero-order chi connectivity index (χ0) is 18.2. The van der Waals surface area contributed by atoms with E-state index in [-0.39, 0.29) is 12.4 Å². The molecule has 0 bridgehead atoms. The van der Waals surface area contributed by atoms with Crippen LogP contribution in [0.1, 0.15) is 50.2 Å². The van der Waals surface area contributed by atoms with Crippen LogP contribution in [0.3, 0.4) is 0 Å². The van der Waals surface area contributed by atoms with Crippen LogP contribution in [0.15, 0.2) is 18.2 Å². The monoisotopic (exact) mass is 405 g/mol. The Morgan fingerprint density at radius 1 is 0.929 bits per heavy atom. The van der Waals surface area contributed by atoms with Crippen molar-refractivity contribution in [3.8, 4) is 0 Å². The van der Waals surface area contributed by atoms with Gasteiger partial charge in [0.25, 0.3) is 0 Å². The average molecular weight is 406 g/mol. The summed E-state index contributed by atoms with van der Waals surface area (Å²) in [6.45, 7) is 10.4. The Hall–Kier alpha value is -0.810. The molecule has 2 atom stereocenters. The number of fused-ring (bicyclic) bond motifs is 1. The number of anilines is 1. The van der Waals surface area contributed by atoms with Crippen LogP contribution in [0.2, 0.25) is 0 Å². The maximum absolute atomic E-state index is 5.55. The van der Waals surface area contributed by atoms with Gasteiger partial charge in [-0.05, 0) is 75.3 Å². The van der Waals surface area contributed by atoms with Gasteiger partial charge in [0, 0.05) is 63.2 Å². The van der Waals surface area contributed by atoms with Crippen LogP contribution in [-0.4, -0.2) is 67.3 Å². The Kier molecular flexibility index (Phi) is 6.51. The van der Waals surface area contributed by atoms with Gasteiger partial charge in [0.05, 0.1) is 0 Å². The van der Waals surface area contributed by atoms with E-state index in [0.717, 1.165) is 37.9 Å². The smallest absolute Gasteiger partial charge is 0.0480 e. The van der Waals surface area contributed by atoms with E-state index in [0.29, 0.717) is 0 Å². The summed E-state index contributed by atoms with van der Waals surface area (Å²) >= 11 is 0.